The first-order valence-corrected chi connectivity index (χ1v) is 6.81. The summed E-state index contributed by atoms with van der Waals surface area (Å²) in [4.78, 5) is 19.2. The van der Waals surface area contributed by atoms with Crippen LogP contribution in [0.4, 0.5) is 13.2 Å². The summed E-state index contributed by atoms with van der Waals surface area (Å²) < 4.78 is 37.5. The monoisotopic (exact) mass is 319 g/mol. The summed E-state index contributed by atoms with van der Waals surface area (Å²) in [6, 6.07) is 7.75. The summed E-state index contributed by atoms with van der Waals surface area (Å²) >= 11 is 0. The van der Waals surface area contributed by atoms with Gasteiger partial charge in [0.15, 0.2) is 0 Å². The van der Waals surface area contributed by atoms with Crippen molar-refractivity contribution in [2.24, 2.45) is 0 Å². The molecule has 3 aromatic rings. The Morgan fingerprint density at radius 3 is 2.57 bits per heavy atom. The quantitative estimate of drug-likeness (QED) is 0.776. The average molecular weight is 319 g/mol. The van der Waals surface area contributed by atoms with Crippen molar-refractivity contribution >= 4 is 16.9 Å². The van der Waals surface area contributed by atoms with Crippen LogP contribution in [0.3, 0.4) is 0 Å². The third-order valence-corrected chi connectivity index (χ3v) is 3.46. The van der Waals surface area contributed by atoms with Gasteiger partial charge in [0.1, 0.15) is 5.65 Å². The molecule has 0 atom stereocenters. The van der Waals surface area contributed by atoms with Crippen molar-refractivity contribution in [1.82, 2.24) is 15.3 Å². The molecule has 0 spiro atoms. The molecule has 0 aliphatic rings. The number of alkyl halides is 3. The van der Waals surface area contributed by atoms with Crippen molar-refractivity contribution in [3.63, 3.8) is 0 Å². The van der Waals surface area contributed by atoms with Crippen molar-refractivity contribution in [3.05, 3.63) is 65.5 Å². The number of H-pyrrole nitrogens is 1. The van der Waals surface area contributed by atoms with Gasteiger partial charge < -0.3 is 10.3 Å². The molecule has 0 saturated heterocycles. The molecule has 23 heavy (non-hydrogen) atoms. The Morgan fingerprint density at radius 2 is 1.87 bits per heavy atom. The molecule has 0 fully saturated rings. The highest BCUT2D eigenvalue weighted by Gasteiger charge is 2.30. The molecule has 118 valence electrons. The van der Waals surface area contributed by atoms with Crippen LogP contribution in [0.15, 0.2) is 48.8 Å². The first-order valence-electron chi connectivity index (χ1n) is 6.81. The molecule has 7 heteroatoms. The van der Waals surface area contributed by atoms with E-state index in [1.807, 2.05) is 6.07 Å². The predicted molar refractivity (Wildman–Crippen MR) is 78.7 cm³/mol. The summed E-state index contributed by atoms with van der Waals surface area (Å²) in [6.45, 7) is 0.261. The van der Waals surface area contributed by atoms with E-state index in [0.29, 0.717) is 5.65 Å². The molecule has 0 unspecified atom stereocenters. The second-order valence-corrected chi connectivity index (χ2v) is 4.97. The van der Waals surface area contributed by atoms with Gasteiger partial charge in [0.2, 0.25) is 0 Å². The lowest BCUT2D eigenvalue weighted by molar-refractivity contribution is -0.137. The fourth-order valence-corrected chi connectivity index (χ4v) is 2.26. The first-order chi connectivity index (χ1) is 10.9. The van der Waals surface area contributed by atoms with Crippen molar-refractivity contribution < 1.29 is 18.0 Å². The molecule has 2 aromatic heterocycles. The molecule has 0 saturated carbocycles. The van der Waals surface area contributed by atoms with Gasteiger partial charge in [0, 0.05) is 29.9 Å². The highest BCUT2D eigenvalue weighted by Crippen LogP contribution is 2.29. The highest BCUT2D eigenvalue weighted by atomic mass is 19.4. The van der Waals surface area contributed by atoms with Gasteiger partial charge in [-0.05, 0) is 42.0 Å². The van der Waals surface area contributed by atoms with Crippen LogP contribution in [0.2, 0.25) is 0 Å². The zero-order valence-corrected chi connectivity index (χ0v) is 11.8. The van der Waals surface area contributed by atoms with Crippen LogP contribution in [0.5, 0.6) is 0 Å². The van der Waals surface area contributed by atoms with Gasteiger partial charge in [-0.15, -0.1) is 0 Å². The van der Waals surface area contributed by atoms with Crippen LogP contribution in [0.25, 0.3) is 11.0 Å². The molecule has 0 aliphatic carbocycles. The van der Waals surface area contributed by atoms with E-state index < -0.39 is 17.6 Å². The molecular formula is C16H12F3N3O. The van der Waals surface area contributed by atoms with E-state index >= 15 is 0 Å². The van der Waals surface area contributed by atoms with E-state index in [1.54, 1.807) is 18.5 Å². The van der Waals surface area contributed by atoms with Gasteiger partial charge in [-0.2, -0.15) is 13.2 Å². The number of benzene rings is 1. The predicted octanol–water partition coefficient (Wildman–Crippen LogP) is 3.51. The number of pyridine rings is 1. The molecule has 3 rings (SSSR count). The van der Waals surface area contributed by atoms with Crippen molar-refractivity contribution in [2.45, 2.75) is 12.7 Å². The minimum atomic E-state index is -4.41. The standard InChI is InChI=1S/C16H12F3N3O/c17-16(18,19)12-3-1-10(2-4-12)15(23)22-9-11-5-7-20-14-13(11)6-8-21-14/h1-8H,9H2,(H,20,21)(H,22,23). The van der Waals surface area contributed by atoms with Crippen molar-refractivity contribution in [1.29, 1.82) is 0 Å². The van der Waals surface area contributed by atoms with Gasteiger partial charge in [-0.1, -0.05) is 0 Å². The Balaban J connectivity index is 1.71. The zero-order valence-electron chi connectivity index (χ0n) is 11.8. The van der Waals surface area contributed by atoms with E-state index in [9.17, 15) is 18.0 Å². The van der Waals surface area contributed by atoms with Gasteiger partial charge in [0.25, 0.3) is 5.91 Å². The average Bonchev–Trinajstić information content (AvgIpc) is 3.01. The van der Waals surface area contributed by atoms with Crippen LogP contribution >= 0.6 is 0 Å². The fraction of sp³-hybridized carbons (Fsp3) is 0.125. The summed E-state index contributed by atoms with van der Waals surface area (Å²) in [5.41, 5.74) is 0.984. The maximum atomic E-state index is 12.5. The third-order valence-electron chi connectivity index (χ3n) is 3.46. The van der Waals surface area contributed by atoms with Gasteiger partial charge in [-0.25, -0.2) is 4.98 Å². The Bertz CT molecular complexity index is 838. The Morgan fingerprint density at radius 1 is 1.13 bits per heavy atom. The first kappa shape index (κ1) is 15.1. The lowest BCUT2D eigenvalue weighted by Crippen LogP contribution is -2.23. The minimum Gasteiger partial charge on any atom is -0.348 e. The van der Waals surface area contributed by atoms with Crippen LogP contribution < -0.4 is 5.32 Å². The van der Waals surface area contributed by atoms with E-state index in [-0.39, 0.29) is 12.1 Å². The van der Waals surface area contributed by atoms with Gasteiger partial charge >= 0.3 is 6.18 Å². The Kier molecular flexibility index (Phi) is 3.77. The lowest BCUT2D eigenvalue weighted by Gasteiger charge is -2.09. The van der Waals surface area contributed by atoms with Crippen LogP contribution in [0, 0.1) is 0 Å². The summed E-state index contributed by atoms with van der Waals surface area (Å²) in [5, 5.41) is 3.58. The largest absolute Gasteiger partial charge is 0.416 e. The number of nitrogens with zero attached hydrogens (tertiary/aromatic N) is 1. The molecular weight excluding hydrogens is 307 g/mol. The molecule has 1 aromatic carbocycles. The minimum absolute atomic E-state index is 0.178. The number of amides is 1. The second-order valence-electron chi connectivity index (χ2n) is 4.97. The lowest BCUT2D eigenvalue weighted by atomic mass is 10.1. The second kappa shape index (κ2) is 5.75. The molecule has 1 amide bonds. The number of halogens is 3. The smallest absolute Gasteiger partial charge is 0.348 e. The number of hydrogen-bond acceptors (Lipinski definition) is 2. The Hall–Kier alpha value is -2.83. The molecule has 0 bridgehead atoms. The molecule has 2 heterocycles. The molecule has 0 aliphatic heterocycles. The van der Waals surface area contributed by atoms with Crippen LogP contribution in [0.1, 0.15) is 21.5 Å². The van der Waals surface area contributed by atoms with E-state index in [4.69, 9.17) is 0 Å². The number of hydrogen-bond donors (Lipinski definition) is 2. The van der Waals surface area contributed by atoms with E-state index in [1.165, 1.54) is 0 Å². The number of aromatic amines is 1. The highest BCUT2D eigenvalue weighted by molar-refractivity contribution is 5.94. The molecule has 0 radical (unpaired) electrons. The van der Waals surface area contributed by atoms with Crippen molar-refractivity contribution in [3.8, 4) is 0 Å². The maximum Gasteiger partial charge on any atom is 0.416 e. The molecule has 4 nitrogen and oxygen atoms in total. The fourth-order valence-electron chi connectivity index (χ4n) is 2.26. The van der Waals surface area contributed by atoms with Crippen LogP contribution in [-0.4, -0.2) is 15.9 Å². The maximum absolute atomic E-state index is 12.5. The number of fused-ring (bicyclic) bond motifs is 1. The normalized spacial score (nSPS) is 11.6. The number of carbonyl (C=O) groups is 1. The summed E-state index contributed by atoms with van der Waals surface area (Å²) in [5.74, 6) is -0.431. The number of carbonyl (C=O) groups excluding carboxylic acids is 1. The zero-order chi connectivity index (χ0) is 16.4. The summed E-state index contributed by atoms with van der Waals surface area (Å²) in [6.07, 6.45) is -1.04. The van der Waals surface area contributed by atoms with Gasteiger partial charge in [0.05, 0.1) is 5.56 Å². The number of aromatic nitrogens is 2. The van der Waals surface area contributed by atoms with Gasteiger partial charge in [-0.3, -0.25) is 4.79 Å². The van der Waals surface area contributed by atoms with Crippen molar-refractivity contribution in [2.75, 3.05) is 0 Å². The topological polar surface area (TPSA) is 57.8 Å². The van der Waals surface area contributed by atoms with Crippen LogP contribution in [-0.2, 0) is 12.7 Å². The number of nitrogens with one attached hydrogen (secondary N) is 2. The molecule has 2 N–H and O–H groups in total. The third kappa shape index (κ3) is 3.18. The van der Waals surface area contributed by atoms with E-state index in [2.05, 4.69) is 15.3 Å². The van der Waals surface area contributed by atoms with E-state index in [0.717, 1.165) is 35.2 Å². The Labute approximate surface area is 129 Å². The number of rotatable bonds is 3. The SMILES string of the molecule is O=C(NCc1ccnc2[nH]ccc12)c1ccc(C(F)(F)F)cc1. The summed E-state index contributed by atoms with van der Waals surface area (Å²) in [7, 11) is 0.